The molecule has 0 aliphatic rings. The predicted octanol–water partition coefficient (Wildman–Crippen LogP) is 0.474. The molecule has 17 heavy (non-hydrogen) atoms. The molecule has 1 rings (SSSR count). The summed E-state index contributed by atoms with van der Waals surface area (Å²) in [5.41, 5.74) is 0.687. The van der Waals surface area contributed by atoms with Crippen molar-refractivity contribution >= 4 is 5.91 Å². The topological polar surface area (TPSA) is 55.3 Å². The van der Waals surface area contributed by atoms with Gasteiger partial charge in [0.25, 0.3) is 5.91 Å². The first-order valence-electron chi connectivity index (χ1n) is 5.86. The molecule has 0 bridgehead atoms. The van der Waals surface area contributed by atoms with Crippen LogP contribution < -0.4 is 10.6 Å². The normalized spacial score (nSPS) is 10.5. The lowest BCUT2D eigenvalue weighted by molar-refractivity contribution is 0.0941. The van der Waals surface area contributed by atoms with Gasteiger partial charge in [-0.25, -0.2) is 0 Å². The fourth-order valence-corrected chi connectivity index (χ4v) is 1.56. The number of ether oxygens (including phenoxy) is 1. The molecule has 96 valence electrons. The number of nitrogens with one attached hydrogen (secondary N) is 2. The Hall–Kier alpha value is -1.33. The Kier molecular flexibility index (Phi) is 6.35. The average molecular weight is 239 g/mol. The summed E-state index contributed by atoms with van der Waals surface area (Å²) in [7, 11) is 3.55. The number of aromatic nitrogens is 1. The smallest absolute Gasteiger partial charge is 0.267 e. The molecular weight excluding hydrogens is 218 g/mol. The summed E-state index contributed by atoms with van der Waals surface area (Å²) in [6.07, 6.45) is 2.82. The molecule has 0 saturated heterocycles. The standard InChI is InChI=1S/C12H21N3O2/c1-13-6-4-7-14-12(16)11-5-3-8-15(11)9-10-17-2/h3,5,8,13H,4,6-7,9-10H2,1-2H3,(H,14,16). The van der Waals surface area contributed by atoms with Crippen molar-refractivity contribution < 1.29 is 9.53 Å². The zero-order chi connectivity index (χ0) is 12.5. The van der Waals surface area contributed by atoms with Crippen molar-refractivity contribution in [3.05, 3.63) is 24.0 Å². The second kappa shape index (κ2) is 7.86. The maximum absolute atomic E-state index is 11.9. The van der Waals surface area contributed by atoms with Gasteiger partial charge < -0.3 is 19.9 Å². The van der Waals surface area contributed by atoms with Gasteiger partial charge in [0.1, 0.15) is 5.69 Å². The van der Waals surface area contributed by atoms with Crippen molar-refractivity contribution in [3.63, 3.8) is 0 Å². The molecule has 1 amide bonds. The van der Waals surface area contributed by atoms with Crippen LogP contribution in [0.5, 0.6) is 0 Å². The summed E-state index contributed by atoms with van der Waals surface area (Å²) < 4.78 is 6.90. The first kappa shape index (κ1) is 13.7. The molecule has 1 heterocycles. The third-order valence-corrected chi connectivity index (χ3v) is 2.49. The second-order valence-corrected chi connectivity index (χ2v) is 3.79. The quantitative estimate of drug-likeness (QED) is 0.649. The first-order chi connectivity index (χ1) is 8.29. The summed E-state index contributed by atoms with van der Waals surface area (Å²) in [5, 5.41) is 5.94. The Morgan fingerprint density at radius 3 is 3.00 bits per heavy atom. The molecule has 0 atom stereocenters. The Balaban J connectivity index is 2.42. The zero-order valence-electron chi connectivity index (χ0n) is 10.5. The predicted molar refractivity (Wildman–Crippen MR) is 67.2 cm³/mol. The summed E-state index contributed by atoms with van der Waals surface area (Å²) in [6.45, 7) is 2.90. The van der Waals surface area contributed by atoms with Gasteiger partial charge in [-0.15, -0.1) is 0 Å². The van der Waals surface area contributed by atoms with Gasteiger partial charge in [-0.1, -0.05) is 0 Å². The molecule has 0 fully saturated rings. The van der Waals surface area contributed by atoms with Gasteiger partial charge >= 0.3 is 0 Å². The highest BCUT2D eigenvalue weighted by atomic mass is 16.5. The minimum Gasteiger partial charge on any atom is -0.383 e. The van der Waals surface area contributed by atoms with Gasteiger partial charge in [0, 0.05) is 26.4 Å². The van der Waals surface area contributed by atoms with Crippen molar-refractivity contribution in [1.29, 1.82) is 0 Å². The van der Waals surface area contributed by atoms with Crippen LogP contribution in [0.25, 0.3) is 0 Å². The second-order valence-electron chi connectivity index (χ2n) is 3.79. The Morgan fingerprint density at radius 1 is 1.47 bits per heavy atom. The van der Waals surface area contributed by atoms with Gasteiger partial charge in [0.2, 0.25) is 0 Å². The highest BCUT2D eigenvalue weighted by Gasteiger charge is 2.09. The molecule has 1 aromatic heterocycles. The number of carbonyl (C=O) groups is 1. The molecule has 0 aliphatic heterocycles. The lowest BCUT2D eigenvalue weighted by Crippen LogP contribution is -2.28. The molecule has 0 unspecified atom stereocenters. The van der Waals surface area contributed by atoms with Crippen molar-refractivity contribution in [2.24, 2.45) is 0 Å². The van der Waals surface area contributed by atoms with E-state index in [-0.39, 0.29) is 5.91 Å². The Morgan fingerprint density at radius 2 is 2.29 bits per heavy atom. The fraction of sp³-hybridized carbons (Fsp3) is 0.583. The lowest BCUT2D eigenvalue weighted by Gasteiger charge is -2.09. The lowest BCUT2D eigenvalue weighted by atomic mass is 10.3. The van der Waals surface area contributed by atoms with Crippen LogP contribution in [-0.4, -0.2) is 44.3 Å². The maximum atomic E-state index is 11.9. The van der Waals surface area contributed by atoms with E-state index in [1.807, 2.05) is 29.9 Å². The number of methoxy groups -OCH3 is 1. The number of nitrogens with zero attached hydrogens (tertiary/aromatic N) is 1. The molecule has 0 aromatic carbocycles. The van der Waals surface area contributed by atoms with Crippen molar-refractivity contribution in [3.8, 4) is 0 Å². The zero-order valence-corrected chi connectivity index (χ0v) is 10.5. The van der Waals surface area contributed by atoms with Crippen molar-refractivity contribution in [2.45, 2.75) is 13.0 Å². The van der Waals surface area contributed by atoms with E-state index in [9.17, 15) is 4.79 Å². The minimum atomic E-state index is -0.0257. The van der Waals surface area contributed by atoms with Crippen molar-refractivity contribution in [1.82, 2.24) is 15.2 Å². The summed E-state index contributed by atoms with van der Waals surface area (Å²) in [4.78, 5) is 11.9. The van der Waals surface area contributed by atoms with E-state index in [0.717, 1.165) is 13.0 Å². The van der Waals surface area contributed by atoms with E-state index in [0.29, 0.717) is 25.4 Å². The number of rotatable bonds is 8. The van der Waals surface area contributed by atoms with E-state index in [1.54, 1.807) is 7.11 Å². The van der Waals surface area contributed by atoms with Gasteiger partial charge in [0.15, 0.2) is 0 Å². The largest absolute Gasteiger partial charge is 0.383 e. The van der Waals surface area contributed by atoms with Crippen LogP contribution in [0.1, 0.15) is 16.9 Å². The summed E-state index contributed by atoms with van der Waals surface area (Å²) in [6, 6.07) is 3.70. The molecule has 0 aliphatic carbocycles. The molecule has 5 heteroatoms. The molecular formula is C12H21N3O2. The molecule has 5 nitrogen and oxygen atoms in total. The number of hydrogen-bond donors (Lipinski definition) is 2. The van der Waals surface area contributed by atoms with Crippen LogP contribution in [0, 0.1) is 0 Å². The number of hydrogen-bond acceptors (Lipinski definition) is 3. The minimum absolute atomic E-state index is 0.0257. The van der Waals surface area contributed by atoms with Gasteiger partial charge in [-0.05, 0) is 32.1 Å². The molecule has 0 saturated carbocycles. The monoisotopic (exact) mass is 239 g/mol. The third kappa shape index (κ3) is 4.58. The van der Waals surface area contributed by atoms with Crippen LogP contribution >= 0.6 is 0 Å². The van der Waals surface area contributed by atoms with Crippen LogP contribution in [0.2, 0.25) is 0 Å². The average Bonchev–Trinajstić information content (AvgIpc) is 2.80. The van der Waals surface area contributed by atoms with Crippen LogP contribution in [0.4, 0.5) is 0 Å². The van der Waals surface area contributed by atoms with Gasteiger partial charge in [-0.2, -0.15) is 0 Å². The fourth-order valence-electron chi connectivity index (χ4n) is 1.56. The molecule has 0 radical (unpaired) electrons. The van der Waals surface area contributed by atoms with E-state index in [4.69, 9.17) is 4.74 Å². The molecule has 2 N–H and O–H groups in total. The third-order valence-electron chi connectivity index (χ3n) is 2.49. The number of amides is 1. The van der Waals surface area contributed by atoms with E-state index in [2.05, 4.69) is 10.6 Å². The summed E-state index contributed by atoms with van der Waals surface area (Å²) in [5.74, 6) is -0.0257. The SMILES string of the molecule is CNCCCNC(=O)c1cccn1CCOC. The van der Waals surface area contributed by atoms with Crippen LogP contribution in [0.3, 0.4) is 0 Å². The molecule has 1 aromatic rings. The highest BCUT2D eigenvalue weighted by molar-refractivity contribution is 5.92. The van der Waals surface area contributed by atoms with E-state index >= 15 is 0 Å². The van der Waals surface area contributed by atoms with Gasteiger partial charge in [0.05, 0.1) is 6.61 Å². The van der Waals surface area contributed by atoms with E-state index < -0.39 is 0 Å². The van der Waals surface area contributed by atoms with Crippen LogP contribution in [-0.2, 0) is 11.3 Å². The Labute approximate surface area is 102 Å². The maximum Gasteiger partial charge on any atom is 0.267 e. The summed E-state index contributed by atoms with van der Waals surface area (Å²) >= 11 is 0. The van der Waals surface area contributed by atoms with Crippen molar-refractivity contribution in [2.75, 3.05) is 33.9 Å². The van der Waals surface area contributed by atoms with Gasteiger partial charge in [-0.3, -0.25) is 4.79 Å². The first-order valence-corrected chi connectivity index (χ1v) is 5.86. The van der Waals surface area contributed by atoms with E-state index in [1.165, 1.54) is 0 Å². The highest BCUT2D eigenvalue weighted by Crippen LogP contribution is 2.02. The van der Waals surface area contributed by atoms with Crippen LogP contribution in [0.15, 0.2) is 18.3 Å². The number of carbonyl (C=O) groups excluding carboxylic acids is 1. The molecule has 0 spiro atoms. The Bertz CT molecular complexity index is 336.